The van der Waals surface area contributed by atoms with Crippen molar-refractivity contribution in [2.24, 2.45) is 0 Å². The number of carbonyl (C=O) groups excluding carboxylic acids is 3. The van der Waals surface area contributed by atoms with Crippen LogP contribution in [-0.4, -0.2) is 29.0 Å². The standard InChI is InChI=1S/C19H17NO5/c1-13(15-10-6-3-7-11-15)20-17(21)16(25-19(20)23)18(22)24-12-14-8-4-2-5-9-14/h2-11,13,16H,12H2,1H3/t13-,16-/m1/s1. The molecular formula is C19H17NO5. The molecule has 0 aromatic heterocycles. The molecule has 0 radical (unpaired) electrons. The molecule has 0 aliphatic carbocycles. The highest BCUT2D eigenvalue weighted by Crippen LogP contribution is 2.27. The Morgan fingerprint density at radius 1 is 1.08 bits per heavy atom. The van der Waals surface area contributed by atoms with E-state index in [0.717, 1.165) is 16.0 Å². The van der Waals surface area contributed by atoms with Gasteiger partial charge in [0, 0.05) is 0 Å². The Hall–Kier alpha value is -3.15. The summed E-state index contributed by atoms with van der Waals surface area (Å²) in [5, 5.41) is 0. The van der Waals surface area contributed by atoms with E-state index >= 15 is 0 Å². The Labute approximate surface area is 145 Å². The zero-order valence-electron chi connectivity index (χ0n) is 13.6. The number of benzene rings is 2. The summed E-state index contributed by atoms with van der Waals surface area (Å²) in [7, 11) is 0. The lowest BCUT2D eigenvalue weighted by Gasteiger charge is -2.20. The molecule has 2 amide bonds. The van der Waals surface area contributed by atoms with Crippen molar-refractivity contribution >= 4 is 18.0 Å². The molecule has 2 aromatic rings. The molecule has 2 atom stereocenters. The Morgan fingerprint density at radius 2 is 1.68 bits per heavy atom. The van der Waals surface area contributed by atoms with Gasteiger partial charge >= 0.3 is 12.1 Å². The lowest BCUT2D eigenvalue weighted by molar-refractivity contribution is -0.157. The number of amides is 2. The Balaban J connectivity index is 1.67. The molecule has 0 spiro atoms. The van der Waals surface area contributed by atoms with Crippen molar-refractivity contribution in [3.8, 4) is 0 Å². The fourth-order valence-electron chi connectivity index (χ4n) is 2.61. The Bertz CT molecular complexity index is 775. The average Bonchev–Trinajstić information content (AvgIpc) is 2.95. The first-order valence-corrected chi connectivity index (χ1v) is 7.87. The lowest BCUT2D eigenvalue weighted by Crippen LogP contribution is -2.37. The first-order chi connectivity index (χ1) is 12.1. The number of hydrogen-bond donors (Lipinski definition) is 0. The summed E-state index contributed by atoms with van der Waals surface area (Å²) >= 11 is 0. The van der Waals surface area contributed by atoms with Crippen molar-refractivity contribution in [3.05, 3.63) is 71.8 Å². The molecule has 1 saturated heterocycles. The number of ether oxygens (including phenoxy) is 2. The van der Waals surface area contributed by atoms with Crippen LogP contribution in [0.15, 0.2) is 60.7 Å². The van der Waals surface area contributed by atoms with Crippen LogP contribution in [0.4, 0.5) is 4.79 Å². The largest absolute Gasteiger partial charge is 0.458 e. The van der Waals surface area contributed by atoms with Gasteiger partial charge < -0.3 is 9.47 Å². The number of rotatable bonds is 5. The summed E-state index contributed by atoms with van der Waals surface area (Å²) in [6, 6.07) is 17.6. The number of cyclic esters (lactones) is 1. The number of imide groups is 1. The van der Waals surface area contributed by atoms with E-state index in [4.69, 9.17) is 9.47 Å². The van der Waals surface area contributed by atoms with Gasteiger partial charge in [-0.05, 0) is 18.1 Å². The van der Waals surface area contributed by atoms with Gasteiger partial charge in [0.1, 0.15) is 6.61 Å². The second kappa shape index (κ2) is 7.17. The molecule has 6 nitrogen and oxygen atoms in total. The van der Waals surface area contributed by atoms with E-state index in [0.29, 0.717) is 0 Å². The summed E-state index contributed by atoms with van der Waals surface area (Å²) in [5.41, 5.74) is 1.55. The first kappa shape index (κ1) is 16.7. The maximum absolute atomic E-state index is 12.5. The Kier molecular flexibility index (Phi) is 4.79. The second-order valence-corrected chi connectivity index (χ2v) is 5.65. The summed E-state index contributed by atoms with van der Waals surface area (Å²) in [4.78, 5) is 37.6. The zero-order valence-corrected chi connectivity index (χ0v) is 13.6. The molecule has 3 rings (SSSR count). The minimum absolute atomic E-state index is 0.00917. The molecule has 0 N–H and O–H groups in total. The maximum Gasteiger partial charge on any atom is 0.418 e. The summed E-state index contributed by atoms with van der Waals surface area (Å²) in [5.74, 6) is -1.58. The van der Waals surface area contributed by atoms with Crippen LogP contribution in [0.5, 0.6) is 0 Å². The van der Waals surface area contributed by atoms with Crippen LogP contribution in [0.25, 0.3) is 0 Å². The minimum Gasteiger partial charge on any atom is -0.458 e. The van der Waals surface area contributed by atoms with Crippen molar-refractivity contribution in [2.75, 3.05) is 0 Å². The molecule has 0 saturated carbocycles. The van der Waals surface area contributed by atoms with Crippen LogP contribution < -0.4 is 0 Å². The van der Waals surface area contributed by atoms with E-state index in [1.54, 1.807) is 31.2 Å². The lowest BCUT2D eigenvalue weighted by atomic mass is 10.1. The van der Waals surface area contributed by atoms with E-state index < -0.39 is 30.1 Å². The fraction of sp³-hybridized carbons (Fsp3) is 0.211. The van der Waals surface area contributed by atoms with Gasteiger partial charge in [-0.3, -0.25) is 4.79 Å². The number of hydrogen-bond acceptors (Lipinski definition) is 5. The van der Waals surface area contributed by atoms with E-state index in [2.05, 4.69) is 0 Å². The fourth-order valence-corrected chi connectivity index (χ4v) is 2.61. The number of nitrogens with zero attached hydrogens (tertiary/aromatic N) is 1. The highest BCUT2D eigenvalue weighted by molar-refractivity contribution is 6.11. The summed E-state index contributed by atoms with van der Waals surface area (Å²) in [6.07, 6.45) is -2.40. The van der Waals surface area contributed by atoms with Crippen LogP contribution >= 0.6 is 0 Å². The third kappa shape index (κ3) is 3.52. The predicted molar refractivity (Wildman–Crippen MR) is 88.2 cm³/mol. The van der Waals surface area contributed by atoms with Gasteiger partial charge in [-0.1, -0.05) is 60.7 Å². The molecule has 1 aliphatic heterocycles. The average molecular weight is 339 g/mol. The van der Waals surface area contributed by atoms with Gasteiger partial charge in [-0.15, -0.1) is 0 Å². The van der Waals surface area contributed by atoms with Crippen molar-refractivity contribution in [3.63, 3.8) is 0 Å². The van der Waals surface area contributed by atoms with Crippen molar-refractivity contribution < 1.29 is 23.9 Å². The van der Waals surface area contributed by atoms with Crippen molar-refractivity contribution in [2.45, 2.75) is 25.7 Å². The normalized spacial score (nSPS) is 18.0. The van der Waals surface area contributed by atoms with Gasteiger partial charge in [0.15, 0.2) is 0 Å². The van der Waals surface area contributed by atoms with E-state index in [1.807, 2.05) is 36.4 Å². The van der Waals surface area contributed by atoms with Crippen LogP contribution in [0, 0.1) is 0 Å². The second-order valence-electron chi connectivity index (χ2n) is 5.65. The van der Waals surface area contributed by atoms with Gasteiger partial charge in [0.05, 0.1) is 6.04 Å². The molecule has 1 fully saturated rings. The molecule has 0 bridgehead atoms. The third-order valence-electron chi connectivity index (χ3n) is 3.98. The van der Waals surface area contributed by atoms with Crippen LogP contribution in [-0.2, 0) is 25.7 Å². The van der Waals surface area contributed by atoms with Crippen LogP contribution in [0.2, 0.25) is 0 Å². The summed E-state index contributed by atoms with van der Waals surface area (Å²) in [6.45, 7) is 1.71. The molecule has 0 unspecified atom stereocenters. The number of esters is 1. The molecule has 1 aliphatic rings. The predicted octanol–water partition coefficient (Wildman–Crippen LogP) is 2.84. The summed E-state index contributed by atoms with van der Waals surface area (Å²) < 4.78 is 10.0. The van der Waals surface area contributed by atoms with Crippen LogP contribution in [0.1, 0.15) is 24.1 Å². The van der Waals surface area contributed by atoms with Gasteiger partial charge in [0.25, 0.3) is 12.0 Å². The smallest absolute Gasteiger partial charge is 0.418 e. The molecule has 128 valence electrons. The van der Waals surface area contributed by atoms with Crippen LogP contribution in [0.3, 0.4) is 0 Å². The number of carbonyl (C=O) groups is 3. The van der Waals surface area contributed by atoms with E-state index in [1.165, 1.54) is 0 Å². The van der Waals surface area contributed by atoms with Crippen molar-refractivity contribution in [1.29, 1.82) is 0 Å². The molecular weight excluding hydrogens is 322 g/mol. The zero-order chi connectivity index (χ0) is 17.8. The van der Waals surface area contributed by atoms with Gasteiger partial charge in [-0.25, -0.2) is 14.5 Å². The SMILES string of the molecule is C[C@H](c1ccccc1)N1C(=O)O[C@@H](C(=O)OCc2ccccc2)C1=O. The quantitative estimate of drug-likeness (QED) is 0.619. The Morgan fingerprint density at radius 3 is 2.32 bits per heavy atom. The first-order valence-electron chi connectivity index (χ1n) is 7.87. The van der Waals surface area contributed by atoms with E-state index in [9.17, 15) is 14.4 Å². The highest BCUT2D eigenvalue weighted by Gasteiger charge is 2.48. The molecule has 2 aromatic carbocycles. The molecule has 6 heteroatoms. The van der Waals surface area contributed by atoms with Gasteiger partial charge in [0.2, 0.25) is 0 Å². The molecule has 1 heterocycles. The maximum atomic E-state index is 12.5. The topological polar surface area (TPSA) is 72.9 Å². The third-order valence-corrected chi connectivity index (χ3v) is 3.98. The molecule has 25 heavy (non-hydrogen) atoms. The van der Waals surface area contributed by atoms with Gasteiger partial charge in [-0.2, -0.15) is 0 Å². The minimum atomic E-state index is -1.55. The van der Waals surface area contributed by atoms with Crippen molar-refractivity contribution in [1.82, 2.24) is 4.90 Å². The highest BCUT2D eigenvalue weighted by atomic mass is 16.6. The monoisotopic (exact) mass is 339 g/mol. The van der Waals surface area contributed by atoms with E-state index in [-0.39, 0.29) is 6.61 Å².